The van der Waals surface area contributed by atoms with Crippen LogP contribution in [0.1, 0.15) is 30.1 Å². The lowest BCUT2D eigenvalue weighted by molar-refractivity contribution is -0.139. The SMILES string of the molecule is CCC[C@H](NC(=O)c1c(O)cccc1O)C(=O)O. The molecule has 0 saturated heterocycles. The minimum Gasteiger partial charge on any atom is -0.507 e. The van der Waals surface area contributed by atoms with Gasteiger partial charge in [-0.25, -0.2) is 4.79 Å². The molecule has 0 unspecified atom stereocenters. The quantitative estimate of drug-likeness (QED) is 0.628. The molecule has 0 spiro atoms. The molecule has 18 heavy (non-hydrogen) atoms. The van der Waals surface area contributed by atoms with Gasteiger partial charge in [0.25, 0.3) is 5.91 Å². The molecule has 1 aromatic rings. The maximum atomic E-state index is 11.8. The third-order valence-electron chi connectivity index (χ3n) is 2.43. The summed E-state index contributed by atoms with van der Waals surface area (Å²) in [7, 11) is 0. The predicted octanol–water partition coefficient (Wildman–Crippen LogP) is 1.08. The Kier molecular flexibility index (Phi) is 4.53. The molecule has 0 fully saturated rings. The number of benzene rings is 1. The van der Waals surface area contributed by atoms with E-state index >= 15 is 0 Å². The highest BCUT2D eigenvalue weighted by molar-refractivity contribution is 6.01. The number of amides is 1. The summed E-state index contributed by atoms with van der Waals surface area (Å²) in [6.07, 6.45) is 0.861. The van der Waals surface area contributed by atoms with Crippen LogP contribution in [-0.2, 0) is 4.79 Å². The minimum absolute atomic E-state index is 0.273. The van der Waals surface area contributed by atoms with Crippen LogP contribution in [0.2, 0.25) is 0 Å². The van der Waals surface area contributed by atoms with E-state index in [0.29, 0.717) is 6.42 Å². The van der Waals surface area contributed by atoms with E-state index in [1.165, 1.54) is 18.2 Å². The molecular formula is C12H15NO5. The summed E-state index contributed by atoms with van der Waals surface area (Å²) < 4.78 is 0. The number of carbonyl (C=O) groups excluding carboxylic acids is 1. The molecule has 0 aliphatic carbocycles. The number of phenolic OH excluding ortho intramolecular Hbond substituents is 2. The molecule has 4 N–H and O–H groups in total. The number of hydrogen-bond acceptors (Lipinski definition) is 4. The van der Waals surface area contributed by atoms with Gasteiger partial charge in [0.15, 0.2) is 0 Å². The number of phenols is 2. The van der Waals surface area contributed by atoms with Gasteiger partial charge in [0.1, 0.15) is 23.1 Å². The van der Waals surface area contributed by atoms with Gasteiger partial charge in [-0.2, -0.15) is 0 Å². The zero-order valence-electron chi connectivity index (χ0n) is 9.88. The van der Waals surface area contributed by atoms with E-state index in [9.17, 15) is 19.8 Å². The first kappa shape index (κ1) is 13.8. The maximum absolute atomic E-state index is 11.8. The minimum atomic E-state index is -1.15. The van der Waals surface area contributed by atoms with E-state index in [1.54, 1.807) is 6.92 Å². The molecule has 1 amide bonds. The molecule has 0 aromatic heterocycles. The van der Waals surface area contributed by atoms with Crippen molar-refractivity contribution in [1.29, 1.82) is 0 Å². The number of carbonyl (C=O) groups is 2. The number of hydrogen-bond donors (Lipinski definition) is 4. The third-order valence-corrected chi connectivity index (χ3v) is 2.43. The second-order valence-electron chi connectivity index (χ2n) is 3.82. The van der Waals surface area contributed by atoms with E-state index in [0.717, 1.165) is 0 Å². The molecule has 6 nitrogen and oxygen atoms in total. The Morgan fingerprint density at radius 2 is 1.83 bits per heavy atom. The van der Waals surface area contributed by atoms with Gasteiger partial charge >= 0.3 is 5.97 Å². The molecule has 0 radical (unpaired) electrons. The highest BCUT2D eigenvalue weighted by atomic mass is 16.4. The highest BCUT2D eigenvalue weighted by Crippen LogP contribution is 2.26. The van der Waals surface area contributed by atoms with Crippen LogP contribution in [0.15, 0.2) is 18.2 Å². The molecule has 1 aromatic carbocycles. The first-order valence-corrected chi connectivity index (χ1v) is 5.52. The van der Waals surface area contributed by atoms with Crippen molar-refractivity contribution in [3.8, 4) is 11.5 Å². The third kappa shape index (κ3) is 3.13. The molecule has 0 saturated carbocycles. The van der Waals surface area contributed by atoms with Crippen LogP contribution in [0.5, 0.6) is 11.5 Å². The summed E-state index contributed by atoms with van der Waals surface area (Å²) in [6.45, 7) is 1.79. The second kappa shape index (κ2) is 5.90. The van der Waals surface area contributed by atoms with Crippen molar-refractivity contribution in [2.24, 2.45) is 0 Å². The van der Waals surface area contributed by atoms with Crippen LogP contribution in [0, 0.1) is 0 Å². The van der Waals surface area contributed by atoms with Crippen LogP contribution in [0.25, 0.3) is 0 Å². The Morgan fingerprint density at radius 1 is 1.28 bits per heavy atom. The van der Waals surface area contributed by atoms with E-state index in [4.69, 9.17) is 5.11 Å². The van der Waals surface area contributed by atoms with Gasteiger partial charge in [-0.15, -0.1) is 0 Å². The van der Waals surface area contributed by atoms with Gasteiger partial charge in [-0.05, 0) is 18.6 Å². The Labute approximate surface area is 104 Å². The molecule has 1 atom stereocenters. The van der Waals surface area contributed by atoms with Crippen molar-refractivity contribution in [1.82, 2.24) is 5.32 Å². The largest absolute Gasteiger partial charge is 0.507 e. The van der Waals surface area contributed by atoms with Crippen LogP contribution in [0.4, 0.5) is 0 Å². The normalized spacial score (nSPS) is 11.8. The molecule has 0 heterocycles. The summed E-state index contributed by atoms with van der Waals surface area (Å²) in [5.41, 5.74) is -0.320. The zero-order chi connectivity index (χ0) is 13.7. The van der Waals surface area contributed by atoms with Gasteiger partial charge in [0.2, 0.25) is 0 Å². The first-order valence-electron chi connectivity index (χ1n) is 5.52. The van der Waals surface area contributed by atoms with E-state index in [1.807, 2.05) is 0 Å². The lowest BCUT2D eigenvalue weighted by Crippen LogP contribution is -2.40. The van der Waals surface area contributed by atoms with Crippen LogP contribution in [-0.4, -0.2) is 33.2 Å². The average molecular weight is 253 g/mol. The number of rotatable bonds is 5. The van der Waals surface area contributed by atoms with Crippen molar-refractivity contribution >= 4 is 11.9 Å². The van der Waals surface area contributed by atoms with Crippen LogP contribution in [0.3, 0.4) is 0 Å². The van der Waals surface area contributed by atoms with Crippen molar-refractivity contribution in [3.05, 3.63) is 23.8 Å². The summed E-state index contributed by atoms with van der Waals surface area (Å²) in [5.74, 6) is -2.76. The van der Waals surface area contributed by atoms with Gasteiger partial charge in [0.05, 0.1) is 0 Å². The Morgan fingerprint density at radius 3 is 2.28 bits per heavy atom. The first-order chi connectivity index (χ1) is 8.47. The molecule has 0 aliphatic rings. The fraction of sp³-hybridized carbons (Fsp3) is 0.333. The maximum Gasteiger partial charge on any atom is 0.326 e. The summed E-state index contributed by atoms with van der Waals surface area (Å²) in [4.78, 5) is 22.7. The second-order valence-corrected chi connectivity index (χ2v) is 3.82. The van der Waals surface area contributed by atoms with Crippen LogP contribution < -0.4 is 5.32 Å². The Balaban J connectivity index is 2.90. The smallest absolute Gasteiger partial charge is 0.326 e. The molecule has 6 heteroatoms. The lowest BCUT2D eigenvalue weighted by atomic mass is 10.1. The van der Waals surface area contributed by atoms with Crippen molar-refractivity contribution in [2.75, 3.05) is 0 Å². The number of nitrogens with one attached hydrogen (secondary N) is 1. The summed E-state index contributed by atoms with van der Waals surface area (Å²) in [5, 5.41) is 30.1. The number of aliphatic carboxylic acids is 1. The van der Waals surface area contributed by atoms with E-state index < -0.39 is 29.4 Å². The molecule has 98 valence electrons. The molecular weight excluding hydrogens is 238 g/mol. The topological polar surface area (TPSA) is 107 Å². The fourth-order valence-corrected chi connectivity index (χ4v) is 1.54. The predicted molar refractivity (Wildman–Crippen MR) is 63.6 cm³/mol. The van der Waals surface area contributed by atoms with Crippen LogP contribution >= 0.6 is 0 Å². The fourth-order valence-electron chi connectivity index (χ4n) is 1.54. The standard InChI is InChI=1S/C12H15NO5/c1-2-4-7(12(17)18)13-11(16)10-8(14)5-3-6-9(10)15/h3,5-7,14-15H,2,4H2,1H3,(H,13,16)(H,17,18)/t7-/m0/s1. The lowest BCUT2D eigenvalue weighted by Gasteiger charge is -2.14. The number of aromatic hydroxyl groups is 2. The van der Waals surface area contributed by atoms with Gasteiger partial charge in [0, 0.05) is 0 Å². The van der Waals surface area contributed by atoms with Crippen molar-refractivity contribution in [3.63, 3.8) is 0 Å². The summed E-state index contributed by atoms with van der Waals surface area (Å²) >= 11 is 0. The monoisotopic (exact) mass is 253 g/mol. The van der Waals surface area contributed by atoms with E-state index in [-0.39, 0.29) is 12.0 Å². The van der Waals surface area contributed by atoms with Crippen molar-refractivity contribution < 1.29 is 24.9 Å². The molecule has 1 rings (SSSR count). The molecule has 0 bridgehead atoms. The summed E-state index contributed by atoms with van der Waals surface area (Å²) in [6, 6.07) is 2.82. The average Bonchev–Trinajstić information content (AvgIpc) is 2.28. The number of carboxylic acid groups (broad SMARTS) is 1. The van der Waals surface area contributed by atoms with Gasteiger partial charge < -0.3 is 20.6 Å². The van der Waals surface area contributed by atoms with Gasteiger partial charge in [-0.1, -0.05) is 19.4 Å². The zero-order valence-corrected chi connectivity index (χ0v) is 9.88. The molecule has 0 aliphatic heterocycles. The Hall–Kier alpha value is -2.24. The van der Waals surface area contributed by atoms with E-state index in [2.05, 4.69) is 5.32 Å². The van der Waals surface area contributed by atoms with Crippen molar-refractivity contribution in [2.45, 2.75) is 25.8 Å². The Bertz CT molecular complexity index is 438. The highest BCUT2D eigenvalue weighted by Gasteiger charge is 2.23. The van der Waals surface area contributed by atoms with Gasteiger partial charge in [-0.3, -0.25) is 4.79 Å². The number of carboxylic acids is 1.